The molecule has 0 bridgehead atoms. The molecule has 1 aliphatic rings. The maximum Gasteiger partial charge on any atom is 0.137 e. The Hall–Kier alpha value is -0.940. The lowest BCUT2D eigenvalue weighted by Gasteiger charge is -2.21. The van der Waals surface area contributed by atoms with Crippen molar-refractivity contribution in [3.63, 3.8) is 0 Å². The smallest absolute Gasteiger partial charge is 0.137 e. The quantitative estimate of drug-likeness (QED) is 0.876. The number of rotatable bonds is 6. The van der Waals surface area contributed by atoms with E-state index < -0.39 is 11.0 Å². The van der Waals surface area contributed by atoms with E-state index in [1.54, 1.807) is 6.20 Å². The van der Waals surface area contributed by atoms with Gasteiger partial charge in [0.1, 0.15) is 5.75 Å². The number of ether oxygens (including phenoxy) is 1. The molecule has 0 amide bonds. The van der Waals surface area contributed by atoms with Crippen molar-refractivity contribution >= 4 is 11.0 Å². The maximum atomic E-state index is 12.1. The van der Waals surface area contributed by atoms with Crippen LogP contribution in [0, 0.1) is 5.41 Å². The second kappa shape index (κ2) is 6.05. The van der Waals surface area contributed by atoms with Gasteiger partial charge in [0, 0.05) is 5.41 Å². The third-order valence-electron chi connectivity index (χ3n) is 3.73. The molecule has 1 aliphatic carbocycles. The molecule has 2 rings (SSSR count). The highest BCUT2D eigenvalue weighted by Gasteiger charge is 2.38. The van der Waals surface area contributed by atoms with E-state index in [1.807, 2.05) is 39.8 Å². The van der Waals surface area contributed by atoms with E-state index in [1.165, 1.54) is 12.8 Å². The number of hydrogen-bond donors (Lipinski definition) is 1. The van der Waals surface area contributed by atoms with E-state index in [0.29, 0.717) is 5.41 Å². The Labute approximate surface area is 130 Å². The molecule has 1 unspecified atom stereocenters. The minimum absolute atomic E-state index is 0.0555. The molecule has 118 valence electrons. The van der Waals surface area contributed by atoms with Crippen molar-refractivity contribution in [2.75, 3.05) is 6.61 Å². The highest BCUT2D eigenvalue weighted by molar-refractivity contribution is 7.84. The van der Waals surface area contributed by atoms with Crippen molar-refractivity contribution in [1.29, 1.82) is 0 Å². The van der Waals surface area contributed by atoms with E-state index in [9.17, 15) is 4.21 Å². The first-order chi connectivity index (χ1) is 9.70. The van der Waals surface area contributed by atoms with Crippen LogP contribution in [0.5, 0.6) is 5.75 Å². The van der Waals surface area contributed by atoms with Gasteiger partial charge in [-0.25, -0.2) is 8.93 Å². The first-order valence-electron chi connectivity index (χ1n) is 7.46. The minimum Gasteiger partial charge on any atom is -0.491 e. The van der Waals surface area contributed by atoms with E-state index in [4.69, 9.17) is 4.74 Å². The Morgan fingerprint density at radius 3 is 2.57 bits per heavy atom. The Morgan fingerprint density at radius 1 is 1.43 bits per heavy atom. The van der Waals surface area contributed by atoms with Crippen LogP contribution in [-0.2, 0) is 11.0 Å². The number of nitrogens with zero attached hydrogens (tertiary/aromatic N) is 1. The Balaban J connectivity index is 1.90. The maximum absolute atomic E-state index is 12.1. The summed E-state index contributed by atoms with van der Waals surface area (Å²) < 4.78 is 20.7. The second-order valence-corrected chi connectivity index (χ2v) is 9.24. The monoisotopic (exact) mass is 310 g/mol. The zero-order valence-electron chi connectivity index (χ0n) is 13.6. The third-order valence-corrected chi connectivity index (χ3v) is 5.41. The van der Waals surface area contributed by atoms with Crippen LogP contribution < -0.4 is 9.46 Å². The van der Waals surface area contributed by atoms with Gasteiger partial charge in [0.2, 0.25) is 0 Å². The van der Waals surface area contributed by atoms with Gasteiger partial charge < -0.3 is 4.74 Å². The van der Waals surface area contributed by atoms with E-state index in [0.717, 1.165) is 18.1 Å². The topological polar surface area (TPSA) is 51.2 Å². The van der Waals surface area contributed by atoms with Gasteiger partial charge in [-0.3, -0.25) is 4.98 Å². The molecule has 1 heterocycles. The number of aromatic nitrogens is 1. The van der Waals surface area contributed by atoms with Crippen LogP contribution in [0.25, 0.3) is 0 Å². The number of hydrogen-bond acceptors (Lipinski definition) is 3. The van der Waals surface area contributed by atoms with Crippen LogP contribution in [0.15, 0.2) is 18.3 Å². The lowest BCUT2D eigenvalue weighted by Crippen LogP contribution is -2.35. The number of nitrogens with one attached hydrogen (secondary N) is 1. The molecule has 0 aliphatic heterocycles. The average molecular weight is 310 g/mol. The summed E-state index contributed by atoms with van der Waals surface area (Å²) in [5, 5.41) is 0. The predicted molar refractivity (Wildman–Crippen MR) is 86.5 cm³/mol. The van der Waals surface area contributed by atoms with E-state index >= 15 is 0 Å². The summed E-state index contributed by atoms with van der Waals surface area (Å²) in [6, 6.07) is 3.81. The molecular formula is C16H26N2O2S. The van der Waals surface area contributed by atoms with Crippen molar-refractivity contribution in [2.45, 2.75) is 58.2 Å². The minimum atomic E-state index is -1.10. The normalized spacial score (nSPS) is 19.9. The fraction of sp³-hybridized carbons (Fsp3) is 0.688. The molecular weight excluding hydrogens is 284 g/mol. The molecule has 0 spiro atoms. The van der Waals surface area contributed by atoms with Crippen LogP contribution >= 0.6 is 0 Å². The van der Waals surface area contributed by atoms with E-state index in [2.05, 4.69) is 16.6 Å². The first-order valence-corrected chi connectivity index (χ1v) is 8.61. The zero-order valence-corrected chi connectivity index (χ0v) is 14.4. The van der Waals surface area contributed by atoms with Crippen molar-refractivity contribution in [3.8, 4) is 5.75 Å². The van der Waals surface area contributed by atoms with Crippen LogP contribution in [0.3, 0.4) is 0 Å². The average Bonchev–Trinajstić information content (AvgIpc) is 3.14. The molecule has 0 radical (unpaired) electrons. The summed E-state index contributed by atoms with van der Waals surface area (Å²) in [5.74, 6) is 0.802. The molecule has 1 fully saturated rings. The fourth-order valence-electron chi connectivity index (χ4n) is 1.75. The third kappa shape index (κ3) is 4.78. The van der Waals surface area contributed by atoms with Gasteiger partial charge in [-0.15, -0.1) is 0 Å². The van der Waals surface area contributed by atoms with Crippen LogP contribution in [0.4, 0.5) is 0 Å². The SMILES string of the molecule is C[C@@H](NS(=O)C(C)(C)C)c1ccc(OCC2(C)CC2)cn1. The summed E-state index contributed by atoms with van der Waals surface area (Å²) in [4.78, 5) is 4.41. The van der Waals surface area contributed by atoms with Gasteiger partial charge in [-0.1, -0.05) is 6.92 Å². The summed E-state index contributed by atoms with van der Waals surface area (Å²) in [5.41, 5.74) is 1.24. The molecule has 5 heteroatoms. The van der Waals surface area contributed by atoms with E-state index in [-0.39, 0.29) is 10.8 Å². The molecule has 0 saturated heterocycles. The lowest BCUT2D eigenvalue weighted by molar-refractivity contribution is 0.246. The summed E-state index contributed by atoms with van der Waals surface area (Å²) in [7, 11) is -1.10. The van der Waals surface area contributed by atoms with Gasteiger partial charge in [0.15, 0.2) is 0 Å². The first kappa shape index (κ1) is 16.4. The van der Waals surface area contributed by atoms with Crippen molar-refractivity contribution < 1.29 is 8.95 Å². The molecule has 2 atom stereocenters. The standard InChI is InChI=1S/C16H26N2O2S/c1-12(18-21(19)15(2,3)4)14-7-6-13(10-17-14)20-11-16(5)8-9-16/h6-7,10,12,18H,8-9,11H2,1-5H3/t12-,21?/m1/s1. The molecule has 0 aromatic carbocycles. The molecule has 1 saturated carbocycles. The van der Waals surface area contributed by atoms with Gasteiger partial charge in [-0.2, -0.15) is 0 Å². The summed E-state index contributed by atoms with van der Waals surface area (Å²) in [6.45, 7) is 10.8. The van der Waals surface area contributed by atoms with Crippen molar-refractivity contribution in [3.05, 3.63) is 24.0 Å². The lowest BCUT2D eigenvalue weighted by atomic mass is 10.2. The van der Waals surface area contributed by atoms with Gasteiger partial charge in [0.25, 0.3) is 0 Å². The second-order valence-electron chi connectivity index (χ2n) is 7.24. The van der Waals surface area contributed by atoms with Gasteiger partial charge >= 0.3 is 0 Å². The zero-order chi connectivity index (χ0) is 15.7. The molecule has 1 N–H and O–H groups in total. The Bertz CT molecular complexity index is 504. The number of pyridine rings is 1. The summed E-state index contributed by atoms with van der Waals surface area (Å²) in [6.07, 6.45) is 4.25. The van der Waals surface area contributed by atoms with Gasteiger partial charge in [0.05, 0.1) is 40.3 Å². The molecule has 21 heavy (non-hydrogen) atoms. The summed E-state index contributed by atoms with van der Waals surface area (Å²) >= 11 is 0. The Morgan fingerprint density at radius 2 is 2.10 bits per heavy atom. The van der Waals surface area contributed by atoms with Crippen LogP contribution in [0.2, 0.25) is 0 Å². The van der Waals surface area contributed by atoms with Crippen molar-refractivity contribution in [2.24, 2.45) is 5.41 Å². The largest absolute Gasteiger partial charge is 0.491 e. The molecule has 1 aromatic heterocycles. The predicted octanol–water partition coefficient (Wildman–Crippen LogP) is 3.37. The van der Waals surface area contributed by atoms with Gasteiger partial charge in [-0.05, 0) is 52.7 Å². The highest BCUT2D eigenvalue weighted by atomic mass is 32.2. The molecule has 1 aromatic rings. The van der Waals surface area contributed by atoms with Crippen LogP contribution in [-0.4, -0.2) is 20.5 Å². The fourth-order valence-corrected chi connectivity index (χ4v) is 2.54. The molecule has 4 nitrogen and oxygen atoms in total. The Kier molecular flexibility index (Phi) is 4.73. The highest BCUT2D eigenvalue weighted by Crippen LogP contribution is 2.45. The van der Waals surface area contributed by atoms with Crippen LogP contribution in [0.1, 0.15) is 59.2 Å². The van der Waals surface area contributed by atoms with Crippen molar-refractivity contribution in [1.82, 2.24) is 9.71 Å².